The SMILES string of the molecule is CC.CC=O.CN1CC(CCC(Nc2cccc(SN)n2)c2cc(Cl)ccn2)CC1(C)C. The number of aldehydes is 1. The third-order valence-corrected chi connectivity index (χ3v) is 6.19. The van der Waals surface area contributed by atoms with Crippen LogP contribution in [0.15, 0.2) is 41.6 Å². The highest BCUT2D eigenvalue weighted by atomic mass is 35.5. The van der Waals surface area contributed by atoms with Crippen LogP contribution in [0.5, 0.6) is 0 Å². The molecule has 0 aromatic carbocycles. The van der Waals surface area contributed by atoms with E-state index in [-0.39, 0.29) is 11.6 Å². The Morgan fingerprint density at radius 3 is 2.62 bits per heavy atom. The lowest BCUT2D eigenvalue weighted by molar-refractivity contribution is -0.106. The van der Waals surface area contributed by atoms with Gasteiger partial charge in [-0.1, -0.05) is 31.5 Å². The van der Waals surface area contributed by atoms with Gasteiger partial charge in [0.05, 0.1) is 11.7 Å². The van der Waals surface area contributed by atoms with E-state index in [0.29, 0.717) is 10.9 Å². The zero-order chi connectivity index (χ0) is 24.1. The molecular formula is C24H38ClN5OS. The molecule has 6 nitrogen and oxygen atoms in total. The van der Waals surface area contributed by atoms with E-state index in [0.717, 1.165) is 54.2 Å². The van der Waals surface area contributed by atoms with Gasteiger partial charge >= 0.3 is 0 Å². The lowest BCUT2D eigenvalue weighted by Gasteiger charge is -2.26. The maximum atomic E-state index is 8.81. The van der Waals surface area contributed by atoms with E-state index in [1.165, 1.54) is 13.3 Å². The molecule has 3 rings (SSSR count). The van der Waals surface area contributed by atoms with Gasteiger partial charge in [0.15, 0.2) is 0 Å². The van der Waals surface area contributed by atoms with Crippen LogP contribution in [0, 0.1) is 5.92 Å². The van der Waals surface area contributed by atoms with E-state index in [1.54, 1.807) is 12.3 Å². The number of carbonyl (C=O) groups excluding carboxylic acids is 1. The van der Waals surface area contributed by atoms with Crippen LogP contribution in [0.25, 0.3) is 0 Å². The molecule has 2 aromatic rings. The van der Waals surface area contributed by atoms with Crippen molar-refractivity contribution in [3.05, 3.63) is 47.2 Å². The van der Waals surface area contributed by atoms with E-state index >= 15 is 0 Å². The summed E-state index contributed by atoms with van der Waals surface area (Å²) in [7, 11) is 2.22. The van der Waals surface area contributed by atoms with Crippen molar-refractivity contribution in [3.63, 3.8) is 0 Å². The predicted octanol–water partition coefficient (Wildman–Crippen LogP) is 5.99. The number of hydrogen-bond donors (Lipinski definition) is 2. The molecule has 32 heavy (non-hydrogen) atoms. The molecule has 3 heterocycles. The Labute approximate surface area is 202 Å². The number of nitrogens with one attached hydrogen (secondary N) is 1. The zero-order valence-electron chi connectivity index (χ0n) is 20.1. The van der Waals surface area contributed by atoms with Gasteiger partial charge in [-0.25, -0.2) is 4.98 Å². The summed E-state index contributed by atoms with van der Waals surface area (Å²) in [6.07, 6.45) is 5.84. The van der Waals surface area contributed by atoms with Crippen molar-refractivity contribution in [1.82, 2.24) is 14.9 Å². The number of rotatable bonds is 7. The Balaban J connectivity index is 0.000000944. The first-order valence-corrected chi connectivity index (χ1v) is 12.4. The standard InChI is InChI=1S/C20H28ClN5S.C2H4O.C2H6/c1-20(2)12-14(13-26(20)3)7-8-16(17-11-15(21)9-10-23-17)24-18-5-4-6-19(25-18)27-22;1-2-3;1-2/h4-6,9-11,14,16H,7-8,12-13,22H2,1-3H3,(H,24,25);2H,1H3;1-2H3. The van der Waals surface area contributed by atoms with Gasteiger partial charge in [0.2, 0.25) is 0 Å². The Bertz CT molecular complexity index is 820. The van der Waals surface area contributed by atoms with Crippen molar-refractivity contribution in [3.8, 4) is 0 Å². The molecule has 1 fully saturated rings. The van der Waals surface area contributed by atoms with Crippen molar-refractivity contribution in [1.29, 1.82) is 0 Å². The van der Waals surface area contributed by atoms with Crippen molar-refractivity contribution in [2.75, 3.05) is 18.9 Å². The van der Waals surface area contributed by atoms with Crippen LogP contribution >= 0.6 is 23.5 Å². The second kappa shape index (κ2) is 14.5. The van der Waals surface area contributed by atoms with Gasteiger partial charge in [-0.05, 0) is 89.2 Å². The Morgan fingerprint density at radius 2 is 2.06 bits per heavy atom. The third-order valence-electron chi connectivity index (χ3n) is 5.48. The highest BCUT2D eigenvalue weighted by Crippen LogP contribution is 2.35. The summed E-state index contributed by atoms with van der Waals surface area (Å²) >= 11 is 7.36. The van der Waals surface area contributed by atoms with Crippen LogP contribution in [-0.4, -0.2) is 40.3 Å². The molecule has 0 aliphatic carbocycles. The molecule has 178 valence electrons. The Morgan fingerprint density at radius 1 is 1.38 bits per heavy atom. The van der Waals surface area contributed by atoms with Crippen LogP contribution in [0.4, 0.5) is 5.82 Å². The van der Waals surface area contributed by atoms with Crippen LogP contribution in [0.2, 0.25) is 5.02 Å². The number of halogens is 1. The number of aromatic nitrogens is 2. The fourth-order valence-corrected chi connectivity index (χ4v) is 4.28. The van der Waals surface area contributed by atoms with E-state index in [2.05, 4.69) is 41.1 Å². The number of hydrogen-bond acceptors (Lipinski definition) is 7. The molecule has 1 saturated heterocycles. The van der Waals surface area contributed by atoms with Crippen LogP contribution in [0.3, 0.4) is 0 Å². The Kier molecular flexibility index (Phi) is 12.8. The van der Waals surface area contributed by atoms with E-state index < -0.39 is 0 Å². The summed E-state index contributed by atoms with van der Waals surface area (Å²) in [5.41, 5.74) is 1.22. The van der Waals surface area contributed by atoms with Gasteiger partial charge in [0.25, 0.3) is 0 Å². The first kappa shape index (κ1) is 28.4. The molecule has 0 spiro atoms. The van der Waals surface area contributed by atoms with Gasteiger partial charge < -0.3 is 15.0 Å². The minimum atomic E-state index is 0.0586. The Hall–Kier alpha value is -1.67. The molecule has 0 amide bonds. The maximum Gasteiger partial charge on any atom is 0.127 e. The van der Waals surface area contributed by atoms with Gasteiger partial charge in [-0.2, -0.15) is 0 Å². The van der Waals surface area contributed by atoms with E-state index in [9.17, 15) is 0 Å². The largest absolute Gasteiger partial charge is 0.362 e. The predicted molar refractivity (Wildman–Crippen MR) is 137 cm³/mol. The molecule has 8 heteroatoms. The van der Waals surface area contributed by atoms with Crippen molar-refractivity contribution >= 4 is 35.7 Å². The molecule has 0 radical (unpaired) electrons. The fraction of sp³-hybridized carbons (Fsp3) is 0.542. The normalized spacial score (nSPS) is 17.9. The highest BCUT2D eigenvalue weighted by Gasteiger charge is 2.35. The molecule has 0 bridgehead atoms. The van der Waals surface area contributed by atoms with Gasteiger partial charge in [0, 0.05) is 23.3 Å². The quantitative estimate of drug-likeness (QED) is 0.372. The minimum absolute atomic E-state index is 0.0586. The summed E-state index contributed by atoms with van der Waals surface area (Å²) in [6.45, 7) is 11.2. The summed E-state index contributed by atoms with van der Waals surface area (Å²) in [5, 5.41) is 10.7. The lowest BCUT2D eigenvalue weighted by Crippen LogP contribution is -2.34. The summed E-state index contributed by atoms with van der Waals surface area (Å²) in [4.78, 5) is 20.4. The maximum absolute atomic E-state index is 8.81. The van der Waals surface area contributed by atoms with Crippen LogP contribution in [-0.2, 0) is 4.79 Å². The first-order valence-electron chi connectivity index (χ1n) is 11.1. The van der Waals surface area contributed by atoms with Gasteiger partial charge in [0.1, 0.15) is 17.1 Å². The third kappa shape index (κ3) is 9.06. The number of nitrogens with two attached hydrogens (primary N) is 1. The van der Waals surface area contributed by atoms with E-state index in [4.69, 9.17) is 21.5 Å². The molecule has 1 aliphatic heterocycles. The van der Waals surface area contributed by atoms with E-state index in [1.807, 2.05) is 38.1 Å². The molecule has 2 unspecified atom stereocenters. The van der Waals surface area contributed by atoms with Crippen molar-refractivity contribution < 1.29 is 4.79 Å². The minimum Gasteiger partial charge on any atom is -0.362 e. The topological polar surface area (TPSA) is 84.1 Å². The lowest BCUT2D eigenvalue weighted by atomic mass is 9.91. The van der Waals surface area contributed by atoms with Crippen LogP contribution in [0.1, 0.15) is 65.6 Å². The fourth-order valence-electron chi connectivity index (χ4n) is 3.80. The summed E-state index contributed by atoms with van der Waals surface area (Å²) in [6, 6.07) is 9.62. The number of nitrogens with zero attached hydrogens (tertiary/aromatic N) is 3. The molecule has 2 atom stereocenters. The molecule has 2 aromatic heterocycles. The monoisotopic (exact) mass is 479 g/mol. The molecule has 1 aliphatic rings. The number of likely N-dealkylation sites (tertiary alicyclic amines) is 1. The van der Waals surface area contributed by atoms with Crippen molar-refractivity contribution in [2.45, 2.75) is 70.5 Å². The first-order chi connectivity index (χ1) is 15.3. The average Bonchev–Trinajstić information content (AvgIpc) is 3.04. The summed E-state index contributed by atoms with van der Waals surface area (Å²) in [5.74, 6) is 1.49. The summed E-state index contributed by atoms with van der Waals surface area (Å²) < 4.78 is 0. The number of anilines is 1. The zero-order valence-corrected chi connectivity index (χ0v) is 21.7. The van der Waals surface area contributed by atoms with Crippen LogP contribution < -0.4 is 10.5 Å². The highest BCUT2D eigenvalue weighted by molar-refractivity contribution is 7.97. The smallest absolute Gasteiger partial charge is 0.127 e. The van der Waals surface area contributed by atoms with Gasteiger partial charge in [-0.15, -0.1) is 0 Å². The second-order valence-electron chi connectivity index (χ2n) is 8.15. The molecule has 3 N–H and O–H groups in total. The molecular weight excluding hydrogens is 442 g/mol. The molecule has 0 saturated carbocycles. The number of carbonyl (C=O) groups is 1. The number of pyridine rings is 2. The van der Waals surface area contributed by atoms with Crippen molar-refractivity contribution in [2.24, 2.45) is 11.1 Å². The van der Waals surface area contributed by atoms with Gasteiger partial charge in [-0.3, -0.25) is 10.1 Å². The second-order valence-corrected chi connectivity index (χ2v) is 9.24. The average molecular weight is 480 g/mol.